The van der Waals surface area contributed by atoms with Crippen molar-refractivity contribution in [3.8, 4) is 34.4 Å². The van der Waals surface area contributed by atoms with Crippen LogP contribution < -0.4 is 21.3 Å². The molecule has 8 aromatic rings. The Bertz CT molecular complexity index is 3100. The number of rotatable bonds is 20. The molecule has 0 fully saturated rings. The molecule has 8 rings (SSSR count). The topological polar surface area (TPSA) is 232 Å². The van der Waals surface area contributed by atoms with Crippen LogP contribution in [0.25, 0.3) is 22.3 Å². The number of nitriles is 2. The third kappa shape index (κ3) is 15.7. The van der Waals surface area contributed by atoms with Gasteiger partial charge in [-0.15, -0.1) is 0 Å². The van der Waals surface area contributed by atoms with Crippen LogP contribution in [0.4, 0.5) is 11.6 Å². The van der Waals surface area contributed by atoms with Crippen LogP contribution in [-0.4, -0.2) is 104 Å². The summed E-state index contributed by atoms with van der Waals surface area (Å²) in [5.41, 5.74) is 8.40. The third-order valence-electron chi connectivity index (χ3n) is 12.8. The molecule has 4 amide bonds. The smallest absolute Gasteiger partial charge is 0.247 e. The standard InChI is InChI=1S/2C30H31N7O2/c2*1-21(23-11-9-22(15-31)10-12-23)16-33-29(24-7-5-4-6-8-24)30(39)35-27-14-13-25(17-32-27)26-18-34-37(19-26)20-28(38)36(2)3/h2*4-14,17-19,21,29,33H,16,20H2,1-3H3,(H,32,35,39)/t21-,29+;21-,29-/m11/s1. The number of hydrogen-bond acceptors (Lipinski definition) is 12. The Balaban J connectivity index is 0.000000226. The van der Waals surface area contributed by atoms with Crippen LogP contribution in [0.5, 0.6) is 0 Å². The molecule has 0 saturated carbocycles. The Hall–Kier alpha value is -9.62. The third-order valence-corrected chi connectivity index (χ3v) is 12.8. The molecular weight excluding hydrogens is 981 g/mol. The minimum Gasteiger partial charge on any atom is -0.347 e. The number of amides is 4. The van der Waals surface area contributed by atoms with E-state index in [4.69, 9.17) is 10.5 Å². The van der Waals surface area contributed by atoms with Gasteiger partial charge in [-0.05, 0) is 82.6 Å². The molecule has 4 aromatic heterocycles. The lowest BCUT2D eigenvalue weighted by Gasteiger charge is -2.21. The highest BCUT2D eigenvalue weighted by Gasteiger charge is 2.24. The molecule has 0 aliphatic heterocycles. The van der Waals surface area contributed by atoms with Crippen molar-refractivity contribution in [2.24, 2.45) is 0 Å². The number of nitrogens with zero attached hydrogens (tertiary/aromatic N) is 10. The summed E-state index contributed by atoms with van der Waals surface area (Å²) in [4.78, 5) is 62.5. The molecule has 0 spiro atoms. The summed E-state index contributed by atoms with van der Waals surface area (Å²) in [6.07, 6.45) is 10.3. The summed E-state index contributed by atoms with van der Waals surface area (Å²) in [5, 5.41) is 39.2. The maximum atomic E-state index is 13.4. The van der Waals surface area contributed by atoms with Gasteiger partial charge in [0.2, 0.25) is 23.6 Å². The molecule has 0 aliphatic rings. The van der Waals surface area contributed by atoms with Gasteiger partial charge in [0.05, 0.1) is 35.7 Å². The van der Waals surface area contributed by atoms with Crippen molar-refractivity contribution in [1.82, 2.24) is 50.0 Å². The Labute approximate surface area is 454 Å². The van der Waals surface area contributed by atoms with Gasteiger partial charge in [-0.1, -0.05) is 98.8 Å². The molecule has 78 heavy (non-hydrogen) atoms. The fourth-order valence-electron chi connectivity index (χ4n) is 8.04. The molecule has 0 aliphatic carbocycles. The summed E-state index contributed by atoms with van der Waals surface area (Å²) in [5.74, 6) is 0.587. The molecule has 18 heteroatoms. The van der Waals surface area contributed by atoms with Crippen molar-refractivity contribution >= 4 is 35.3 Å². The molecular formula is C60H62N14O4. The molecule has 4 heterocycles. The quantitative estimate of drug-likeness (QED) is 0.0570. The van der Waals surface area contributed by atoms with E-state index in [1.807, 2.05) is 97.1 Å². The normalized spacial score (nSPS) is 12.3. The van der Waals surface area contributed by atoms with Crippen molar-refractivity contribution in [1.29, 1.82) is 10.5 Å². The molecule has 0 bridgehead atoms. The lowest BCUT2D eigenvalue weighted by atomic mass is 9.98. The zero-order chi connectivity index (χ0) is 55.6. The van der Waals surface area contributed by atoms with Crippen molar-refractivity contribution in [2.75, 3.05) is 51.9 Å². The number of pyridine rings is 2. The van der Waals surface area contributed by atoms with Gasteiger partial charge >= 0.3 is 0 Å². The minimum absolute atomic E-state index is 0.0475. The first-order chi connectivity index (χ1) is 37.7. The van der Waals surface area contributed by atoms with Gasteiger partial charge in [-0.25, -0.2) is 9.97 Å². The van der Waals surface area contributed by atoms with E-state index in [9.17, 15) is 19.2 Å². The van der Waals surface area contributed by atoms with Crippen molar-refractivity contribution in [2.45, 2.75) is 50.9 Å². The number of aromatic nitrogens is 6. The van der Waals surface area contributed by atoms with Crippen LogP contribution in [-0.2, 0) is 32.3 Å². The van der Waals surface area contributed by atoms with E-state index >= 15 is 0 Å². The van der Waals surface area contributed by atoms with Crippen LogP contribution in [0, 0.1) is 22.7 Å². The molecule has 4 atom stereocenters. The summed E-state index contributed by atoms with van der Waals surface area (Å²) in [7, 11) is 6.82. The van der Waals surface area contributed by atoms with Crippen molar-refractivity contribution < 1.29 is 19.2 Å². The van der Waals surface area contributed by atoms with Crippen molar-refractivity contribution in [3.05, 3.63) is 204 Å². The molecule has 0 saturated heterocycles. The number of likely N-dealkylation sites (N-methyl/N-ethyl adjacent to an activating group) is 2. The molecule has 4 N–H and O–H groups in total. The van der Waals surface area contributed by atoms with E-state index in [1.54, 1.807) is 111 Å². The second-order valence-corrected chi connectivity index (χ2v) is 19.0. The zero-order valence-corrected chi connectivity index (χ0v) is 44.4. The van der Waals surface area contributed by atoms with E-state index in [1.165, 1.54) is 9.80 Å². The fourth-order valence-corrected chi connectivity index (χ4v) is 8.04. The van der Waals surface area contributed by atoms with Crippen LogP contribution >= 0.6 is 0 Å². The summed E-state index contributed by atoms with van der Waals surface area (Å²) < 4.78 is 3.17. The average molecular weight is 1040 g/mol. The zero-order valence-electron chi connectivity index (χ0n) is 44.4. The monoisotopic (exact) mass is 1040 g/mol. The lowest BCUT2D eigenvalue weighted by Crippen LogP contribution is -2.35. The summed E-state index contributed by atoms with van der Waals surface area (Å²) >= 11 is 0. The highest BCUT2D eigenvalue weighted by atomic mass is 16.2. The highest BCUT2D eigenvalue weighted by Crippen LogP contribution is 2.25. The predicted molar refractivity (Wildman–Crippen MR) is 299 cm³/mol. The number of carbonyl (C=O) groups is 4. The van der Waals surface area contributed by atoms with Crippen LogP contribution in [0.15, 0.2) is 171 Å². The van der Waals surface area contributed by atoms with Gasteiger partial charge in [-0.3, -0.25) is 28.5 Å². The number of carbonyl (C=O) groups excluding carboxylic acids is 4. The number of benzene rings is 4. The summed E-state index contributed by atoms with van der Waals surface area (Å²) in [6, 6.07) is 44.4. The molecule has 396 valence electrons. The number of nitrogens with one attached hydrogen (secondary N) is 4. The van der Waals surface area contributed by atoms with E-state index in [0.29, 0.717) is 35.9 Å². The van der Waals surface area contributed by atoms with Crippen LogP contribution in [0.3, 0.4) is 0 Å². The van der Waals surface area contributed by atoms with Gasteiger partial charge in [0, 0.05) is 88.3 Å². The van der Waals surface area contributed by atoms with Gasteiger partial charge in [0.15, 0.2) is 0 Å². The predicted octanol–water partition coefficient (Wildman–Crippen LogP) is 7.96. The Morgan fingerprint density at radius 3 is 1.18 bits per heavy atom. The Morgan fingerprint density at radius 1 is 0.487 bits per heavy atom. The molecule has 0 unspecified atom stereocenters. The lowest BCUT2D eigenvalue weighted by molar-refractivity contribution is -0.130. The van der Waals surface area contributed by atoms with Gasteiger partial charge in [0.25, 0.3) is 0 Å². The Kier molecular flexibility index (Phi) is 19.6. The first-order valence-corrected chi connectivity index (χ1v) is 25.2. The van der Waals surface area contributed by atoms with E-state index in [-0.39, 0.29) is 48.6 Å². The first-order valence-electron chi connectivity index (χ1n) is 25.2. The highest BCUT2D eigenvalue weighted by molar-refractivity contribution is 5.95. The van der Waals surface area contributed by atoms with E-state index in [0.717, 1.165) is 44.5 Å². The van der Waals surface area contributed by atoms with Gasteiger partial charge < -0.3 is 31.1 Å². The summed E-state index contributed by atoms with van der Waals surface area (Å²) in [6.45, 7) is 5.59. The second kappa shape index (κ2) is 27.3. The molecule has 18 nitrogen and oxygen atoms in total. The maximum absolute atomic E-state index is 13.4. The molecule has 4 aromatic carbocycles. The minimum atomic E-state index is -0.582. The second-order valence-electron chi connectivity index (χ2n) is 19.0. The van der Waals surface area contributed by atoms with Crippen LogP contribution in [0.1, 0.15) is 71.1 Å². The first kappa shape index (κ1) is 56.1. The van der Waals surface area contributed by atoms with Gasteiger partial charge in [0.1, 0.15) is 36.8 Å². The number of anilines is 2. The van der Waals surface area contributed by atoms with Crippen LogP contribution in [0.2, 0.25) is 0 Å². The van der Waals surface area contributed by atoms with Gasteiger partial charge in [-0.2, -0.15) is 20.7 Å². The van der Waals surface area contributed by atoms with Crippen molar-refractivity contribution in [3.63, 3.8) is 0 Å². The number of hydrogen-bond donors (Lipinski definition) is 4. The fraction of sp³-hybridized carbons (Fsp3) is 0.233. The largest absolute Gasteiger partial charge is 0.347 e. The SMILES string of the molecule is C[C@H](CN[C@@H](C(=O)Nc1ccc(-c2cnn(CC(=O)N(C)C)c2)cn1)c1ccccc1)c1ccc(C#N)cc1.C[C@H](CN[C@H](C(=O)Nc1ccc(-c2cnn(CC(=O)N(C)C)c2)cn1)c1ccccc1)c1ccc(C#N)cc1. The van der Waals surface area contributed by atoms with E-state index in [2.05, 4.69) is 67.4 Å². The maximum Gasteiger partial charge on any atom is 0.247 e. The Morgan fingerprint density at radius 2 is 0.859 bits per heavy atom. The average Bonchev–Trinajstić information content (AvgIpc) is 4.14. The molecule has 0 radical (unpaired) electrons. The van der Waals surface area contributed by atoms with E-state index < -0.39 is 12.1 Å².